The quantitative estimate of drug-likeness (QED) is 0.250. The Morgan fingerprint density at radius 1 is 0.696 bits per heavy atom. The van der Waals surface area contributed by atoms with E-state index in [2.05, 4.69) is 0 Å². The highest BCUT2D eigenvalue weighted by Gasteiger charge is 2.56. The molecule has 0 N–H and O–H groups in total. The summed E-state index contributed by atoms with van der Waals surface area (Å²) in [6.07, 6.45) is -3.57. The van der Waals surface area contributed by atoms with Crippen molar-refractivity contribution in [2.75, 3.05) is 6.61 Å². The molecule has 2 aliphatic carbocycles. The molecule has 5 rings (SSSR count). The summed E-state index contributed by atoms with van der Waals surface area (Å²) in [6.45, 7) is 4.04. The number of esters is 4. The predicted octanol–water partition coefficient (Wildman–Crippen LogP) is 3.60. The summed E-state index contributed by atoms with van der Waals surface area (Å²) in [5, 5.41) is 0. The van der Waals surface area contributed by atoms with Crippen LogP contribution in [0.2, 0.25) is 0 Å². The number of fused-ring (bicyclic) bond motifs is 1. The normalized spacial score (nSPS) is 26.8. The van der Waals surface area contributed by atoms with Gasteiger partial charge in [0.15, 0.2) is 29.9 Å². The first kappa shape index (κ1) is 32.4. The molecule has 0 spiro atoms. The minimum Gasteiger partial charge on any atom is -0.463 e. The molecular formula is C34H31FO11. The van der Waals surface area contributed by atoms with Gasteiger partial charge in [-0.05, 0) is 17.7 Å². The van der Waals surface area contributed by atoms with Crippen LogP contribution in [0.5, 0.6) is 0 Å². The van der Waals surface area contributed by atoms with Crippen LogP contribution in [0.3, 0.4) is 0 Å². The van der Waals surface area contributed by atoms with E-state index in [0.29, 0.717) is 5.56 Å². The molecule has 3 aliphatic rings. The molecule has 0 saturated carbocycles. The number of halogens is 1. The fourth-order valence-corrected chi connectivity index (χ4v) is 6.25. The number of rotatable bonds is 7. The van der Waals surface area contributed by atoms with Crippen LogP contribution in [0.15, 0.2) is 71.8 Å². The average molecular weight is 635 g/mol. The number of ketones is 2. The van der Waals surface area contributed by atoms with E-state index >= 15 is 0 Å². The Morgan fingerprint density at radius 3 is 1.80 bits per heavy atom. The van der Waals surface area contributed by atoms with Gasteiger partial charge in [-0.2, -0.15) is 0 Å². The summed E-state index contributed by atoms with van der Waals surface area (Å²) in [6, 6.07) is 11.9. The van der Waals surface area contributed by atoms with Crippen molar-refractivity contribution in [3.8, 4) is 0 Å². The van der Waals surface area contributed by atoms with E-state index in [4.69, 9.17) is 23.7 Å². The molecule has 2 unspecified atom stereocenters. The van der Waals surface area contributed by atoms with Gasteiger partial charge in [-0.1, -0.05) is 48.6 Å². The molecule has 0 bridgehead atoms. The third kappa shape index (κ3) is 6.38. The lowest BCUT2D eigenvalue weighted by atomic mass is 9.67. The lowest BCUT2D eigenvalue weighted by Crippen LogP contribution is -2.64. The van der Waals surface area contributed by atoms with Crippen molar-refractivity contribution in [3.05, 3.63) is 94.3 Å². The number of Topliss-reactive ketones (excluding diaryl/α,β-unsaturated/α-hetero) is 2. The standard InChI is InChI=1S/C34H31FO11/c1-16(36)42-15-26-32(43-17(2)37)34(45-19(4)39)33(44-18(3)38)31(46-26)25-14-13-22(20-9-11-21(35)12-10-20)27-28(25)30(41)24-8-6-5-7-23(24)29(27)40/h5-14,22,25-26,31-34H,15H2,1-4H3/t22?,25?,26-,31+,32-,33+,34+/m1/s1. The fourth-order valence-electron chi connectivity index (χ4n) is 6.25. The molecule has 0 radical (unpaired) electrons. The number of allylic oxidation sites excluding steroid dienone is 2. The van der Waals surface area contributed by atoms with Gasteiger partial charge >= 0.3 is 23.9 Å². The zero-order chi connectivity index (χ0) is 33.3. The first-order valence-corrected chi connectivity index (χ1v) is 14.5. The van der Waals surface area contributed by atoms with Gasteiger partial charge in [0.2, 0.25) is 0 Å². The van der Waals surface area contributed by atoms with Crippen LogP contribution >= 0.6 is 0 Å². The molecule has 2 aromatic carbocycles. The second kappa shape index (κ2) is 13.2. The predicted molar refractivity (Wildman–Crippen MR) is 156 cm³/mol. The van der Waals surface area contributed by atoms with Gasteiger partial charge in [0.25, 0.3) is 0 Å². The van der Waals surface area contributed by atoms with E-state index in [1.165, 1.54) is 30.3 Å². The van der Waals surface area contributed by atoms with E-state index < -0.39 is 90.2 Å². The summed E-state index contributed by atoms with van der Waals surface area (Å²) >= 11 is 0. The highest BCUT2D eigenvalue weighted by atomic mass is 19.1. The van der Waals surface area contributed by atoms with E-state index in [0.717, 1.165) is 27.7 Å². The van der Waals surface area contributed by atoms with Gasteiger partial charge < -0.3 is 23.7 Å². The second-order valence-corrected chi connectivity index (χ2v) is 11.1. The van der Waals surface area contributed by atoms with Gasteiger partial charge in [0, 0.05) is 61.8 Å². The third-order valence-corrected chi connectivity index (χ3v) is 7.96. The molecule has 2 aromatic rings. The van der Waals surface area contributed by atoms with Crippen molar-refractivity contribution < 1.29 is 56.8 Å². The summed E-state index contributed by atoms with van der Waals surface area (Å²) in [5.41, 5.74) is 1.05. The molecule has 1 fully saturated rings. The van der Waals surface area contributed by atoms with E-state index in [-0.39, 0.29) is 22.3 Å². The molecule has 1 aliphatic heterocycles. The van der Waals surface area contributed by atoms with Crippen molar-refractivity contribution in [2.45, 2.75) is 64.1 Å². The maximum absolute atomic E-state index is 14.3. The van der Waals surface area contributed by atoms with E-state index in [1.807, 2.05) is 0 Å². The van der Waals surface area contributed by atoms with Gasteiger partial charge in [-0.3, -0.25) is 28.8 Å². The van der Waals surface area contributed by atoms with Crippen LogP contribution < -0.4 is 0 Å². The van der Waals surface area contributed by atoms with Crippen LogP contribution in [0.1, 0.15) is 59.9 Å². The van der Waals surface area contributed by atoms with Gasteiger partial charge in [-0.15, -0.1) is 0 Å². The summed E-state index contributed by atoms with van der Waals surface area (Å²) < 4.78 is 42.1. The molecule has 11 nitrogen and oxygen atoms in total. The molecule has 240 valence electrons. The molecule has 12 heteroatoms. The second-order valence-electron chi connectivity index (χ2n) is 11.1. The summed E-state index contributed by atoms with van der Waals surface area (Å²) in [4.78, 5) is 77.1. The van der Waals surface area contributed by atoms with Crippen LogP contribution in [0.4, 0.5) is 4.39 Å². The molecule has 46 heavy (non-hydrogen) atoms. The lowest BCUT2D eigenvalue weighted by Gasteiger charge is -2.47. The van der Waals surface area contributed by atoms with Crippen molar-refractivity contribution in [2.24, 2.45) is 5.92 Å². The SMILES string of the molecule is CC(=O)OC[C@H]1O[C@@H](C2C=CC(c3ccc(F)cc3)C3=C2C(=O)c2ccccc2C3=O)[C@H](OC(C)=O)[C@@H](OC(C)=O)[C@@H]1OC(C)=O. The van der Waals surface area contributed by atoms with Gasteiger partial charge in [0.1, 0.15) is 24.6 Å². The van der Waals surface area contributed by atoms with Gasteiger partial charge in [-0.25, -0.2) is 4.39 Å². The Labute approximate surface area is 263 Å². The number of benzene rings is 2. The Bertz CT molecular complexity index is 1660. The molecule has 0 amide bonds. The highest BCUT2D eigenvalue weighted by Crippen LogP contribution is 2.46. The minimum absolute atomic E-state index is 0.0430. The Hall–Kier alpha value is -4.97. The number of hydrogen-bond acceptors (Lipinski definition) is 11. The number of ether oxygens (including phenoxy) is 5. The van der Waals surface area contributed by atoms with E-state index in [1.54, 1.807) is 30.4 Å². The first-order chi connectivity index (χ1) is 21.9. The monoisotopic (exact) mass is 634 g/mol. The van der Waals surface area contributed by atoms with Gasteiger partial charge in [0.05, 0.1) is 0 Å². The third-order valence-electron chi connectivity index (χ3n) is 7.96. The Morgan fingerprint density at radius 2 is 1.24 bits per heavy atom. The van der Waals surface area contributed by atoms with Crippen molar-refractivity contribution >= 4 is 35.4 Å². The molecule has 1 heterocycles. The maximum atomic E-state index is 14.3. The molecule has 7 atom stereocenters. The minimum atomic E-state index is -1.46. The first-order valence-electron chi connectivity index (χ1n) is 14.5. The van der Waals surface area contributed by atoms with Crippen LogP contribution in [-0.2, 0) is 42.9 Å². The maximum Gasteiger partial charge on any atom is 0.303 e. The summed E-state index contributed by atoms with van der Waals surface area (Å²) in [5.74, 6) is -6.29. The molecule has 0 aromatic heterocycles. The van der Waals surface area contributed by atoms with Crippen molar-refractivity contribution in [1.29, 1.82) is 0 Å². The average Bonchev–Trinajstić information content (AvgIpc) is 3.00. The van der Waals surface area contributed by atoms with Crippen LogP contribution in [-0.4, -0.2) is 72.6 Å². The zero-order valence-electron chi connectivity index (χ0n) is 25.4. The number of carbonyl (C=O) groups is 6. The number of hydrogen-bond donors (Lipinski definition) is 0. The topological polar surface area (TPSA) is 149 Å². The smallest absolute Gasteiger partial charge is 0.303 e. The van der Waals surface area contributed by atoms with Crippen LogP contribution in [0.25, 0.3) is 0 Å². The van der Waals surface area contributed by atoms with Crippen LogP contribution in [0, 0.1) is 11.7 Å². The Balaban J connectivity index is 1.69. The summed E-state index contributed by atoms with van der Waals surface area (Å²) in [7, 11) is 0. The largest absolute Gasteiger partial charge is 0.463 e. The molecular weight excluding hydrogens is 603 g/mol. The zero-order valence-corrected chi connectivity index (χ0v) is 25.4. The van der Waals surface area contributed by atoms with Crippen molar-refractivity contribution in [1.82, 2.24) is 0 Å². The van der Waals surface area contributed by atoms with Crippen molar-refractivity contribution in [3.63, 3.8) is 0 Å². The fraction of sp³-hybridized carbons (Fsp3) is 0.353. The lowest BCUT2D eigenvalue weighted by molar-refractivity contribution is -0.256. The highest BCUT2D eigenvalue weighted by molar-refractivity contribution is 6.28. The van der Waals surface area contributed by atoms with E-state index in [9.17, 15) is 33.2 Å². The Kier molecular flexibility index (Phi) is 9.29. The number of carbonyl (C=O) groups excluding carboxylic acids is 6. The molecule has 1 saturated heterocycles.